The fourth-order valence-electron chi connectivity index (χ4n) is 3.21. The second kappa shape index (κ2) is 9.24. The van der Waals surface area contributed by atoms with Gasteiger partial charge in [-0.3, -0.25) is 4.79 Å². The number of rotatable bonds is 8. The Morgan fingerprint density at radius 1 is 1.17 bits per heavy atom. The van der Waals surface area contributed by atoms with Gasteiger partial charge in [0.15, 0.2) is 0 Å². The van der Waals surface area contributed by atoms with Crippen molar-refractivity contribution < 1.29 is 14.3 Å². The first-order valence-electron chi connectivity index (χ1n) is 9.42. The van der Waals surface area contributed by atoms with Crippen molar-refractivity contribution in [2.24, 2.45) is 0 Å². The molecule has 154 valence electrons. The molecule has 0 unspecified atom stereocenters. The minimum Gasteiger partial charge on any atom is -0.497 e. The van der Waals surface area contributed by atoms with Crippen LogP contribution in [0.15, 0.2) is 35.7 Å². The first-order valence-corrected chi connectivity index (χ1v) is 10.3. The third-order valence-electron chi connectivity index (χ3n) is 4.77. The van der Waals surface area contributed by atoms with Crippen LogP contribution in [0.3, 0.4) is 0 Å². The fraction of sp³-hybridized carbons (Fsp3) is 0.364. The average Bonchev–Trinajstić information content (AvgIpc) is 3.15. The number of carbonyl (C=O) groups excluding carboxylic acids is 1. The van der Waals surface area contributed by atoms with Crippen LogP contribution >= 0.6 is 11.3 Å². The molecule has 3 rings (SSSR count). The Balaban J connectivity index is 2.00. The molecule has 0 aliphatic rings. The normalized spacial score (nSPS) is 10.9. The lowest BCUT2D eigenvalue weighted by molar-refractivity contribution is 0.0685. The molecule has 7 heteroatoms. The first kappa shape index (κ1) is 21.1. The third kappa shape index (κ3) is 4.68. The van der Waals surface area contributed by atoms with Crippen LogP contribution in [0.4, 0.5) is 5.82 Å². The van der Waals surface area contributed by atoms with Crippen molar-refractivity contribution in [3.05, 3.63) is 51.7 Å². The SMILES string of the molecule is COCCN(Cc1cc2ccc(OC)cc2nc1N(C)C)C(=O)c1sccc1C. The number of ether oxygens (including phenoxy) is 2. The van der Waals surface area contributed by atoms with Crippen molar-refractivity contribution in [2.45, 2.75) is 13.5 Å². The highest BCUT2D eigenvalue weighted by Crippen LogP contribution is 2.27. The Labute approximate surface area is 175 Å². The molecule has 0 bridgehead atoms. The molecular formula is C22H27N3O3S. The molecule has 1 aromatic carbocycles. The molecule has 29 heavy (non-hydrogen) atoms. The molecule has 0 aliphatic carbocycles. The van der Waals surface area contributed by atoms with Crippen molar-refractivity contribution >= 4 is 34.0 Å². The van der Waals surface area contributed by atoms with E-state index in [-0.39, 0.29) is 5.91 Å². The van der Waals surface area contributed by atoms with Crippen LogP contribution in [-0.2, 0) is 11.3 Å². The van der Waals surface area contributed by atoms with Crippen LogP contribution in [0.25, 0.3) is 10.9 Å². The standard InChI is InChI=1S/C22H27N3O3S/c1-15-8-11-29-20(15)22(26)25(9-10-27-4)14-17-12-16-6-7-18(28-5)13-19(16)23-21(17)24(2)3/h6-8,11-13H,9-10,14H2,1-5H3. The van der Waals surface area contributed by atoms with E-state index in [0.29, 0.717) is 19.7 Å². The number of thiophene rings is 1. The lowest BCUT2D eigenvalue weighted by atomic mass is 10.1. The van der Waals surface area contributed by atoms with E-state index in [4.69, 9.17) is 14.5 Å². The maximum atomic E-state index is 13.2. The highest BCUT2D eigenvalue weighted by Gasteiger charge is 2.21. The van der Waals surface area contributed by atoms with E-state index < -0.39 is 0 Å². The van der Waals surface area contributed by atoms with Gasteiger partial charge in [-0.25, -0.2) is 4.98 Å². The summed E-state index contributed by atoms with van der Waals surface area (Å²) in [5, 5.41) is 2.96. The number of hydrogen-bond donors (Lipinski definition) is 0. The van der Waals surface area contributed by atoms with Gasteiger partial charge in [-0.2, -0.15) is 0 Å². The smallest absolute Gasteiger partial charge is 0.264 e. The molecule has 0 saturated heterocycles. The Morgan fingerprint density at radius 2 is 1.97 bits per heavy atom. The summed E-state index contributed by atoms with van der Waals surface area (Å²) in [6.07, 6.45) is 0. The van der Waals surface area contributed by atoms with Gasteiger partial charge in [0.2, 0.25) is 0 Å². The topological polar surface area (TPSA) is 54.9 Å². The number of nitrogens with zero attached hydrogens (tertiary/aromatic N) is 3. The van der Waals surface area contributed by atoms with E-state index in [9.17, 15) is 4.79 Å². The zero-order valence-corrected chi connectivity index (χ0v) is 18.4. The minimum atomic E-state index is 0.0223. The van der Waals surface area contributed by atoms with Crippen molar-refractivity contribution in [3.8, 4) is 5.75 Å². The molecule has 0 aliphatic heterocycles. The summed E-state index contributed by atoms with van der Waals surface area (Å²) in [4.78, 5) is 22.6. The number of aryl methyl sites for hydroxylation is 1. The predicted molar refractivity (Wildman–Crippen MR) is 118 cm³/mol. The van der Waals surface area contributed by atoms with Gasteiger partial charge in [-0.15, -0.1) is 11.3 Å². The number of aromatic nitrogens is 1. The Kier molecular flexibility index (Phi) is 6.71. The summed E-state index contributed by atoms with van der Waals surface area (Å²) in [6.45, 7) is 3.42. The molecule has 0 N–H and O–H groups in total. The second-order valence-corrected chi connectivity index (χ2v) is 7.99. The maximum absolute atomic E-state index is 13.2. The van der Waals surface area contributed by atoms with Gasteiger partial charge in [-0.05, 0) is 42.1 Å². The molecule has 0 radical (unpaired) electrons. The molecule has 3 aromatic rings. The minimum absolute atomic E-state index is 0.0223. The highest BCUT2D eigenvalue weighted by molar-refractivity contribution is 7.12. The van der Waals surface area contributed by atoms with Gasteiger partial charge in [-0.1, -0.05) is 0 Å². The predicted octanol–water partition coefficient (Wildman–Crippen LogP) is 3.97. The van der Waals surface area contributed by atoms with E-state index in [1.807, 2.05) is 60.5 Å². The van der Waals surface area contributed by atoms with Gasteiger partial charge < -0.3 is 19.3 Å². The van der Waals surface area contributed by atoms with E-state index in [2.05, 4.69) is 6.07 Å². The number of hydrogen-bond acceptors (Lipinski definition) is 6. The number of amides is 1. The number of methoxy groups -OCH3 is 2. The number of carbonyl (C=O) groups is 1. The summed E-state index contributed by atoms with van der Waals surface area (Å²) < 4.78 is 10.6. The molecule has 0 fully saturated rings. The number of fused-ring (bicyclic) bond motifs is 1. The second-order valence-electron chi connectivity index (χ2n) is 7.08. The van der Waals surface area contributed by atoms with Gasteiger partial charge in [0.1, 0.15) is 11.6 Å². The number of pyridine rings is 1. The molecule has 0 saturated carbocycles. The van der Waals surface area contributed by atoms with E-state index in [1.165, 1.54) is 11.3 Å². The van der Waals surface area contributed by atoms with E-state index in [1.54, 1.807) is 14.2 Å². The first-order chi connectivity index (χ1) is 13.9. The molecule has 2 aromatic heterocycles. The lowest BCUT2D eigenvalue weighted by Crippen LogP contribution is -2.34. The van der Waals surface area contributed by atoms with Crippen LogP contribution in [0.1, 0.15) is 20.8 Å². The van der Waals surface area contributed by atoms with Crippen LogP contribution < -0.4 is 9.64 Å². The molecule has 6 nitrogen and oxygen atoms in total. The van der Waals surface area contributed by atoms with E-state index >= 15 is 0 Å². The fourth-order valence-corrected chi connectivity index (χ4v) is 4.10. The summed E-state index contributed by atoms with van der Waals surface area (Å²) in [5.41, 5.74) is 2.85. The maximum Gasteiger partial charge on any atom is 0.264 e. The van der Waals surface area contributed by atoms with Crippen molar-refractivity contribution in [3.63, 3.8) is 0 Å². The zero-order chi connectivity index (χ0) is 21.0. The van der Waals surface area contributed by atoms with Crippen LogP contribution in [0.2, 0.25) is 0 Å². The molecule has 0 spiro atoms. The molecule has 2 heterocycles. The molecule has 0 atom stereocenters. The molecule has 1 amide bonds. The zero-order valence-electron chi connectivity index (χ0n) is 17.6. The quantitative estimate of drug-likeness (QED) is 0.559. The Morgan fingerprint density at radius 3 is 2.59 bits per heavy atom. The number of anilines is 1. The van der Waals surface area contributed by atoms with Gasteiger partial charge >= 0.3 is 0 Å². The summed E-state index contributed by atoms with van der Waals surface area (Å²) >= 11 is 1.48. The van der Waals surface area contributed by atoms with Gasteiger partial charge in [0.05, 0.1) is 24.1 Å². The lowest BCUT2D eigenvalue weighted by Gasteiger charge is -2.25. The van der Waals surface area contributed by atoms with Gasteiger partial charge in [0, 0.05) is 51.3 Å². The average molecular weight is 414 g/mol. The number of benzene rings is 1. The van der Waals surface area contributed by atoms with Crippen LogP contribution in [0, 0.1) is 6.92 Å². The molecular weight excluding hydrogens is 386 g/mol. The van der Waals surface area contributed by atoms with Crippen LogP contribution in [-0.4, -0.2) is 57.3 Å². The third-order valence-corrected chi connectivity index (χ3v) is 5.78. The summed E-state index contributed by atoms with van der Waals surface area (Å²) in [7, 11) is 7.22. The van der Waals surface area contributed by atoms with Crippen LogP contribution in [0.5, 0.6) is 5.75 Å². The largest absolute Gasteiger partial charge is 0.497 e. The summed E-state index contributed by atoms with van der Waals surface area (Å²) in [6, 6.07) is 9.92. The van der Waals surface area contributed by atoms with Gasteiger partial charge in [0.25, 0.3) is 5.91 Å². The van der Waals surface area contributed by atoms with Crippen molar-refractivity contribution in [1.29, 1.82) is 0 Å². The monoisotopic (exact) mass is 413 g/mol. The highest BCUT2D eigenvalue weighted by atomic mass is 32.1. The van der Waals surface area contributed by atoms with Crippen molar-refractivity contribution in [1.82, 2.24) is 9.88 Å². The Bertz CT molecular complexity index is 1000. The van der Waals surface area contributed by atoms with E-state index in [0.717, 1.165) is 38.5 Å². The Hall–Kier alpha value is -2.64. The van der Waals surface area contributed by atoms with Crippen molar-refractivity contribution in [2.75, 3.05) is 46.4 Å². The summed E-state index contributed by atoms with van der Waals surface area (Å²) in [5.74, 6) is 1.63.